The summed E-state index contributed by atoms with van der Waals surface area (Å²) in [5.41, 5.74) is 7.72. The summed E-state index contributed by atoms with van der Waals surface area (Å²) in [6, 6.07) is 0. The van der Waals surface area contributed by atoms with Gasteiger partial charge in [-0.25, -0.2) is 9.97 Å². The number of aryl methyl sites for hydroxylation is 1. The van der Waals surface area contributed by atoms with Crippen molar-refractivity contribution in [3.63, 3.8) is 0 Å². The minimum absolute atomic E-state index is 0.521. The number of nitrogens with two attached hydrogens (primary N) is 1. The molecule has 6 heteroatoms. The minimum Gasteiger partial charge on any atom is -0.378 e. The summed E-state index contributed by atoms with van der Waals surface area (Å²) in [5, 5.41) is 4.22. The van der Waals surface area contributed by atoms with E-state index in [4.69, 9.17) is 10.5 Å². The first kappa shape index (κ1) is 12.6. The van der Waals surface area contributed by atoms with E-state index in [1.165, 1.54) is 0 Å². The summed E-state index contributed by atoms with van der Waals surface area (Å²) in [7, 11) is 1.67. The van der Waals surface area contributed by atoms with Crippen molar-refractivity contribution in [1.29, 1.82) is 0 Å². The predicted molar refractivity (Wildman–Crippen MR) is 70.4 cm³/mol. The molecule has 2 heterocycles. The second-order valence-corrected chi connectivity index (χ2v) is 5.78. The predicted octanol–water partition coefficient (Wildman–Crippen LogP) is 2.10. The molecule has 0 radical (unpaired) electrons. The van der Waals surface area contributed by atoms with E-state index in [1.807, 2.05) is 6.92 Å². The van der Waals surface area contributed by atoms with Gasteiger partial charge in [0.1, 0.15) is 5.01 Å². The molecule has 0 aliphatic heterocycles. The van der Waals surface area contributed by atoms with Crippen LogP contribution in [0.3, 0.4) is 0 Å². The molecule has 0 amide bonds. The lowest BCUT2D eigenvalue weighted by molar-refractivity contribution is 0.181. The van der Waals surface area contributed by atoms with E-state index >= 15 is 0 Å². The highest BCUT2D eigenvalue weighted by Crippen LogP contribution is 2.22. The van der Waals surface area contributed by atoms with Crippen LogP contribution in [-0.2, 0) is 24.3 Å². The lowest BCUT2D eigenvalue weighted by Gasteiger charge is -1.95. The number of rotatable bonds is 5. The molecule has 0 unspecified atom stereocenters. The smallest absolute Gasteiger partial charge is 0.100 e. The molecule has 0 spiro atoms. The van der Waals surface area contributed by atoms with Crippen molar-refractivity contribution < 1.29 is 4.74 Å². The number of thiazole rings is 2. The Hall–Kier alpha value is -0.820. The van der Waals surface area contributed by atoms with Crippen LogP contribution in [0.1, 0.15) is 26.3 Å². The molecule has 0 aliphatic rings. The average Bonchev–Trinajstić information content (AvgIpc) is 2.87. The molecule has 4 nitrogen and oxygen atoms in total. The maximum atomic E-state index is 5.69. The maximum absolute atomic E-state index is 5.69. The zero-order valence-corrected chi connectivity index (χ0v) is 11.5. The fourth-order valence-electron chi connectivity index (χ4n) is 1.53. The summed E-state index contributed by atoms with van der Waals surface area (Å²) < 4.78 is 5.11. The maximum Gasteiger partial charge on any atom is 0.100 e. The first-order chi connectivity index (χ1) is 8.22. The van der Waals surface area contributed by atoms with Gasteiger partial charge in [0.15, 0.2) is 0 Å². The second-order valence-electron chi connectivity index (χ2n) is 3.67. The average molecular weight is 269 g/mol. The summed E-state index contributed by atoms with van der Waals surface area (Å²) >= 11 is 3.33. The van der Waals surface area contributed by atoms with Gasteiger partial charge in [0.25, 0.3) is 0 Å². The highest BCUT2D eigenvalue weighted by atomic mass is 32.1. The van der Waals surface area contributed by atoms with E-state index < -0.39 is 0 Å². The molecule has 0 atom stereocenters. The second kappa shape index (κ2) is 5.68. The van der Waals surface area contributed by atoms with Gasteiger partial charge < -0.3 is 10.5 Å². The van der Waals surface area contributed by atoms with Crippen LogP contribution >= 0.6 is 22.7 Å². The molecule has 2 aromatic heterocycles. The van der Waals surface area contributed by atoms with Crippen molar-refractivity contribution in [2.45, 2.75) is 26.5 Å². The van der Waals surface area contributed by atoms with Gasteiger partial charge in [0, 0.05) is 29.6 Å². The van der Waals surface area contributed by atoms with E-state index in [0.717, 1.165) is 32.7 Å². The van der Waals surface area contributed by atoms with Crippen LogP contribution in [0.25, 0.3) is 0 Å². The molecule has 92 valence electrons. The first-order valence-electron chi connectivity index (χ1n) is 5.30. The van der Waals surface area contributed by atoms with Crippen molar-refractivity contribution >= 4 is 22.7 Å². The fraction of sp³-hybridized carbons (Fsp3) is 0.455. The molecule has 2 rings (SSSR count). The highest BCUT2D eigenvalue weighted by molar-refractivity contribution is 7.12. The molecule has 0 fully saturated rings. The lowest BCUT2D eigenvalue weighted by atomic mass is 10.4. The van der Waals surface area contributed by atoms with Gasteiger partial charge in [-0.15, -0.1) is 22.7 Å². The summed E-state index contributed by atoms with van der Waals surface area (Å²) in [4.78, 5) is 10.1. The van der Waals surface area contributed by atoms with Crippen molar-refractivity contribution in [2.75, 3.05) is 7.11 Å². The molecule has 0 aromatic carbocycles. The van der Waals surface area contributed by atoms with Crippen LogP contribution in [0.4, 0.5) is 0 Å². The standard InChI is InChI=1S/C11H15N3OS2/c1-7-6-16-10(13-7)3-11-14-8(5-15-2)9(4-12)17-11/h6H,3-5,12H2,1-2H3. The fourth-order valence-corrected chi connectivity index (χ4v) is 3.36. The van der Waals surface area contributed by atoms with Crippen LogP contribution in [0.5, 0.6) is 0 Å². The zero-order valence-electron chi connectivity index (χ0n) is 9.90. The Morgan fingerprint density at radius 3 is 2.76 bits per heavy atom. The van der Waals surface area contributed by atoms with Crippen molar-refractivity contribution in [1.82, 2.24) is 9.97 Å². The van der Waals surface area contributed by atoms with E-state index in [2.05, 4.69) is 15.3 Å². The number of hydrogen-bond donors (Lipinski definition) is 1. The van der Waals surface area contributed by atoms with Crippen LogP contribution < -0.4 is 5.73 Å². The molecule has 0 saturated carbocycles. The number of hydrogen-bond acceptors (Lipinski definition) is 6. The molecule has 17 heavy (non-hydrogen) atoms. The van der Waals surface area contributed by atoms with Crippen molar-refractivity contribution in [3.05, 3.63) is 31.7 Å². The molecule has 0 bridgehead atoms. The van der Waals surface area contributed by atoms with E-state index in [1.54, 1.807) is 29.8 Å². The topological polar surface area (TPSA) is 61.0 Å². The Balaban J connectivity index is 2.16. The molecule has 0 saturated heterocycles. The van der Waals surface area contributed by atoms with Gasteiger partial charge in [-0.2, -0.15) is 0 Å². The van der Waals surface area contributed by atoms with Gasteiger partial charge in [0.05, 0.1) is 23.7 Å². The SMILES string of the molecule is COCc1nc(Cc2nc(C)cs2)sc1CN. The van der Waals surface area contributed by atoms with Crippen molar-refractivity contribution in [3.8, 4) is 0 Å². The van der Waals surface area contributed by atoms with Gasteiger partial charge in [0.2, 0.25) is 0 Å². The number of ether oxygens (including phenoxy) is 1. The van der Waals surface area contributed by atoms with Gasteiger partial charge >= 0.3 is 0 Å². The number of aromatic nitrogens is 2. The third-order valence-corrected chi connectivity index (χ3v) is 4.34. The molecular weight excluding hydrogens is 254 g/mol. The first-order valence-corrected chi connectivity index (χ1v) is 7.00. The Bertz CT molecular complexity index is 493. The Morgan fingerprint density at radius 1 is 1.35 bits per heavy atom. The third kappa shape index (κ3) is 3.10. The summed E-state index contributed by atoms with van der Waals surface area (Å²) in [6.45, 7) is 3.05. The van der Waals surface area contributed by atoms with Crippen LogP contribution in [-0.4, -0.2) is 17.1 Å². The third-order valence-electron chi connectivity index (χ3n) is 2.26. The summed E-state index contributed by atoms with van der Waals surface area (Å²) in [6.07, 6.45) is 0.792. The number of nitrogens with zero attached hydrogens (tertiary/aromatic N) is 2. The van der Waals surface area contributed by atoms with Gasteiger partial charge in [-0.3, -0.25) is 0 Å². The quantitative estimate of drug-likeness (QED) is 0.903. The molecule has 0 aliphatic carbocycles. The minimum atomic E-state index is 0.521. The van der Waals surface area contributed by atoms with E-state index in [9.17, 15) is 0 Å². The highest BCUT2D eigenvalue weighted by Gasteiger charge is 2.11. The Morgan fingerprint density at radius 2 is 2.18 bits per heavy atom. The van der Waals surface area contributed by atoms with Crippen LogP contribution in [0, 0.1) is 6.92 Å². The molecule has 2 aromatic rings. The van der Waals surface area contributed by atoms with E-state index in [-0.39, 0.29) is 0 Å². The summed E-state index contributed by atoms with van der Waals surface area (Å²) in [5.74, 6) is 0. The monoisotopic (exact) mass is 269 g/mol. The molecule has 2 N–H and O–H groups in total. The normalized spacial score (nSPS) is 11.0. The van der Waals surface area contributed by atoms with Gasteiger partial charge in [-0.1, -0.05) is 0 Å². The van der Waals surface area contributed by atoms with Crippen LogP contribution in [0.2, 0.25) is 0 Å². The van der Waals surface area contributed by atoms with E-state index in [0.29, 0.717) is 13.2 Å². The Labute approximate surface area is 108 Å². The van der Waals surface area contributed by atoms with Gasteiger partial charge in [-0.05, 0) is 6.92 Å². The lowest BCUT2D eigenvalue weighted by Crippen LogP contribution is -1.99. The zero-order chi connectivity index (χ0) is 12.3. The van der Waals surface area contributed by atoms with Crippen molar-refractivity contribution in [2.24, 2.45) is 5.73 Å². The Kier molecular flexibility index (Phi) is 4.22. The largest absolute Gasteiger partial charge is 0.378 e. The van der Waals surface area contributed by atoms with Crippen LogP contribution in [0.15, 0.2) is 5.38 Å². The molecular formula is C11H15N3OS2. The number of methoxy groups -OCH3 is 1.